The van der Waals surface area contributed by atoms with Crippen molar-refractivity contribution in [3.05, 3.63) is 46.6 Å². The molecule has 0 aliphatic rings. The molecule has 6 heteroatoms. The van der Waals surface area contributed by atoms with Gasteiger partial charge in [-0.2, -0.15) is 18.4 Å². The Kier molecular flexibility index (Phi) is 4.02. The minimum Gasteiger partial charge on any atom is -0.333 e. The van der Waals surface area contributed by atoms with Crippen LogP contribution in [-0.2, 0) is 6.18 Å². The minimum absolute atomic E-state index is 0.00153. The van der Waals surface area contributed by atoms with E-state index >= 15 is 0 Å². The van der Waals surface area contributed by atoms with Crippen LogP contribution in [0.25, 0.3) is 11.3 Å². The second-order valence-electron chi connectivity index (χ2n) is 4.87. The fraction of sp³-hybridized carbons (Fsp3) is 0.267. The maximum atomic E-state index is 13.2. The summed E-state index contributed by atoms with van der Waals surface area (Å²) in [7, 11) is 0. The van der Waals surface area contributed by atoms with E-state index in [2.05, 4.69) is 0 Å². The number of nitriles is 1. The third kappa shape index (κ3) is 2.91. The Labute approximate surface area is 125 Å². The Balaban J connectivity index is 2.78. The summed E-state index contributed by atoms with van der Waals surface area (Å²) < 4.78 is 40.6. The van der Waals surface area contributed by atoms with E-state index in [9.17, 15) is 13.2 Å². The van der Waals surface area contributed by atoms with Crippen LogP contribution in [0.5, 0.6) is 0 Å². The van der Waals surface area contributed by atoms with E-state index in [1.165, 1.54) is 0 Å². The Morgan fingerprint density at radius 3 is 2.19 bits per heavy atom. The van der Waals surface area contributed by atoms with Gasteiger partial charge in [0.2, 0.25) is 0 Å². The highest BCUT2D eigenvalue weighted by molar-refractivity contribution is 6.30. The molecule has 0 unspecified atom stereocenters. The van der Waals surface area contributed by atoms with Crippen LogP contribution in [0.3, 0.4) is 0 Å². The molecule has 1 aromatic carbocycles. The first-order valence-electron chi connectivity index (χ1n) is 6.24. The number of hydrogen-bond acceptors (Lipinski definition) is 1. The lowest BCUT2D eigenvalue weighted by Crippen LogP contribution is -2.15. The molecule has 0 fully saturated rings. The van der Waals surface area contributed by atoms with Crippen LogP contribution in [0, 0.1) is 11.3 Å². The molecule has 110 valence electrons. The Bertz CT molecular complexity index is 691. The molecule has 1 aromatic heterocycles. The van der Waals surface area contributed by atoms with Crippen molar-refractivity contribution in [2.75, 3.05) is 0 Å². The second-order valence-corrected chi connectivity index (χ2v) is 5.31. The molecule has 0 amide bonds. The standard InChI is InChI=1S/C15H12ClF3N2/c1-9(2)21-13(15(17,18)19)7-11(8-20)14(21)10-3-5-12(16)6-4-10/h3-7,9H,1-2H3. The normalized spacial score (nSPS) is 11.7. The summed E-state index contributed by atoms with van der Waals surface area (Å²) in [6, 6.07) is 8.69. The van der Waals surface area contributed by atoms with E-state index in [0.717, 1.165) is 10.6 Å². The average Bonchev–Trinajstić information content (AvgIpc) is 2.79. The van der Waals surface area contributed by atoms with Crippen molar-refractivity contribution in [2.24, 2.45) is 0 Å². The van der Waals surface area contributed by atoms with E-state index in [0.29, 0.717) is 10.6 Å². The van der Waals surface area contributed by atoms with Crippen LogP contribution in [0.1, 0.15) is 31.1 Å². The van der Waals surface area contributed by atoms with Gasteiger partial charge < -0.3 is 4.57 Å². The summed E-state index contributed by atoms with van der Waals surface area (Å²) in [6.07, 6.45) is -4.51. The molecular formula is C15H12ClF3N2. The first kappa shape index (κ1) is 15.5. The summed E-state index contributed by atoms with van der Waals surface area (Å²) in [5, 5.41) is 9.65. The van der Waals surface area contributed by atoms with Gasteiger partial charge in [-0.3, -0.25) is 0 Å². The Morgan fingerprint density at radius 2 is 1.76 bits per heavy atom. The van der Waals surface area contributed by atoms with Crippen LogP contribution >= 0.6 is 11.6 Å². The summed E-state index contributed by atoms with van der Waals surface area (Å²) in [5.41, 5.74) is -0.0333. The zero-order valence-electron chi connectivity index (χ0n) is 11.4. The predicted octanol–water partition coefficient (Wildman–Crippen LogP) is 5.28. The summed E-state index contributed by atoms with van der Waals surface area (Å²) in [5.74, 6) is 0. The molecule has 0 N–H and O–H groups in total. The molecular weight excluding hydrogens is 301 g/mol. The summed E-state index contributed by atoms with van der Waals surface area (Å²) >= 11 is 5.80. The van der Waals surface area contributed by atoms with E-state index in [1.54, 1.807) is 38.1 Å². The fourth-order valence-electron chi connectivity index (χ4n) is 2.27. The largest absolute Gasteiger partial charge is 0.431 e. The van der Waals surface area contributed by atoms with Gasteiger partial charge in [0.25, 0.3) is 0 Å². The van der Waals surface area contributed by atoms with Crippen LogP contribution in [0.4, 0.5) is 13.2 Å². The third-order valence-corrected chi connectivity index (χ3v) is 3.33. The number of hydrogen-bond donors (Lipinski definition) is 0. The van der Waals surface area contributed by atoms with E-state index in [-0.39, 0.29) is 11.3 Å². The molecule has 0 aliphatic heterocycles. The van der Waals surface area contributed by atoms with Crippen LogP contribution in [0.2, 0.25) is 5.02 Å². The van der Waals surface area contributed by atoms with Gasteiger partial charge in [0.05, 0.1) is 11.3 Å². The average molecular weight is 313 g/mol. The molecule has 0 atom stereocenters. The van der Waals surface area contributed by atoms with Crippen molar-refractivity contribution in [1.29, 1.82) is 5.26 Å². The lowest BCUT2D eigenvalue weighted by atomic mass is 10.1. The quantitative estimate of drug-likeness (QED) is 0.741. The first-order chi connectivity index (χ1) is 9.75. The number of halogens is 4. The number of nitrogens with zero attached hydrogens (tertiary/aromatic N) is 2. The highest BCUT2D eigenvalue weighted by atomic mass is 35.5. The van der Waals surface area contributed by atoms with Crippen molar-refractivity contribution >= 4 is 11.6 Å². The van der Waals surface area contributed by atoms with Crippen molar-refractivity contribution in [2.45, 2.75) is 26.1 Å². The van der Waals surface area contributed by atoms with Crippen molar-refractivity contribution in [3.63, 3.8) is 0 Å². The zero-order chi connectivity index (χ0) is 15.8. The maximum Gasteiger partial charge on any atom is 0.431 e. The number of alkyl halides is 3. The van der Waals surface area contributed by atoms with Gasteiger partial charge in [-0.15, -0.1) is 0 Å². The molecule has 0 bridgehead atoms. The molecule has 2 rings (SSSR count). The molecule has 0 radical (unpaired) electrons. The monoisotopic (exact) mass is 312 g/mol. The third-order valence-electron chi connectivity index (χ3n) is 3.08. The van der Waals surface area contributed by atoms with Crippen LogP contribution in [-0.4, -0.2) is 4.57 Å². The van der Waals surface area contributed by atoms with Gasteiger partial charge in [0, 0.05) is 11.1 Å². The van der Waals surface area contributed by atoms with Crippen molar-refractivity contribution in [1.82, 2.24) is 4.57 Å². The molecule has 0 saturated heterocycles. The molecule has 21 heavy (non-hydrogen) atoms. The number of benzene rings is 1. The van der Waals surface area contributed by atoms with E-state index in [4.69, 9.17) is 16.9 Å². The highest BCUT2D eigenvalue weighted by Crippen LogP contribution is 2.38. The Hall–Kier alpha value is -1.93. The Morgan fingerprint density at radius 1 is 1.19 bits per heavy atom. The summed E-state index contributed by atoms with van der Waals surface area (Å²) in [4.78, 5) is 0. The highest BCUT2D eigenvalue weighted by Gasteiger charge is 2.37. The SMILES string of the molecule is CC(C)n1c(C(F)(F)F)cc(C#N)c1-c1ccc(Cl)cc1. The predicted molar refractivity (Wildman–Crippen MR) is 75.0 cm³/mol. The smallest absolute Gasteiger partial charge is 0.333 e. The van der Waals surface area contributed by atoms with E-state index in [1.807, 2.05) is 6.07 Å². The van der Waals surface area contributed by atoms with Gasteiger partial charge in [0.15, 0.2) is 0 Å². The van der Waals surface area contributed by atoms with Crippen LogP contribution in [0.15, 0.2) is 30.3 Å². The van der Waals surface area contributed by atoms with Gasteiger partial charge in [-0.25, -0.2) is 0 Å². The van der Waals surface area contributed by atoms with Crippen molar-refractivity contribution < 1.29 is 13.2 Å². The van der Waals surface area contributed by atoms with Gasteiger partial charge in [-0.1, -0.05) is 23.7 Å². The summed E-state index contributed by atoms with van der Waals surface area (Å²) in [6.45, 7) is 3.30. The second kappa shape index (κ2) is 5.45. The van der Waals surface area contributed by atoms with E-state index < -0.39 is 17.9 Å². The van der Waals surface area contributed by atoms with Gasteiger partial charge >= 0.3 is 6.18 Å². The first-order valence-corrected chi connectivity index (χ1v) is 6.62. The molecule has 0 saturated carbocycles. The number of aromatic nitrogens is 1. The number of rotatable bonds is 2. The zero-order valence-corrected chi connectivity index (χ0v) is 12.1. The fourth-order valence-corrected chi connectivity index (χ4v) is 2.39. The maximum absolute atomic E-state index is 13.2. The topological polar surface area (TPSA) is 28.7 Å². The molecule has 2 aromatic rings. The molecule has 0 spiro atoms. The minimum atomic E-state index is -4.51. The van der Waals surface area contributed by atoms with Crippen LogP contribution < -0.4 is 0 Å². The molecule has 0 aliphatic carbocycles. The lowest BCUT2D eigenvalue weighted by molar-refractivity contribution is -0.143. The van der Waals surface area contributed by atoms with Gasteiger partial charge in [-0.05, 0) is 37.6 Å². The lowest BCUT2D eigenvalue weighted by Gasteiger charge is -2.19. The van der Waals surface area contributed by atoms with Gasteiger partial charge in [0.1, 0.15) is 11.8 Å². The molecule has 1 heterocycles. The van der Waals surface area contributed by atoms with Crippen molar-refractivity contribution in [3.8, 4) is 17.3 Å². The molecule has 2 nitrogen and oxygen atoms in total.